The molecule has 0 radical (unpaired) electrons. The van der Waals surface area contributed by atoms with E-state index in [0.29, 0.717) is 13.0 Å². The second kappa shape index (κ2) is 15.4. The number of nitrogens with zero attached hydrogens (tertiary/aromatic N) is 2. The summed E-state index contributed by atoms with van der Waals surface area (Å²) in [6.45, 7) is 8.06. The molecule has 0 fully saturated rings. The van der Waals surface area contributed by atoms with Gasteiger partial charge in [0.05, 0.1) is 5.75 Å². The largest absolute Gasteiger partial charge is 0.374 e. The minimum absolute atomic E-state index is 0.206. The van der Waals surface area contributed by atoms with E-state index in [0.717, 1.165) is 36.3 Å². The summed E-state index contributed by atoms with van der Waals surface area (Å²) in [4.78, 5) is 4.54. The topological polar surface area (TPSA) is 60.9 Å². The third-order valence-corrected chi connectivity index (χ3v) is 7.39. The number of hydrogen-bond donors (Lipinski definition) is 1. The number of hydrogen-bond acceptors (Lipinski definition) is 4. The SMILES string of the molecule is CCCCN(CCCC)c1ccc(C=Cc2ccc(C=CC3=CCN(CCCS(=O)(=O)O)C=C3)cc2)cc1. The maximum atomic E-state index is 10.8. The Morgan fingerprint density at radius 3 is 1.82 bits per heavy atom. The normalized spacial score (nSPS) is 14.0. The fourth-order valence-corrected chi connectivity index (χ4v) is 4.74. The Kier molecular flexibility index (Phi) is 11.9. The molecule has 6 heteroatoms. The first-order chi connectivity index (χ1) is 18.4. The minimum Gasteiger partial charge on any atom is -0.374 e. The number of rotatable bonds is 15. The van der Waals surface area contributed by atoms with Crippen molar-refractivity contribution in [3.8, 4) is 0 Å². The molecular weight excluding hydrogens is 492 g/mol. The van der Waals surface area contributed by atoms with Crippen molar-refractivity contribution in [2.24, 2.45) is 0 Å². The third-order valence-electron chi connectivity index (χ3n) is 6.58. The van der Waals surface area contributed by atoms with Crippen molar-refractivity contribution in [2.75, 3.05) is 36.8 Å². The van der Waals surface area contributed by atoms with E-state index in [1.165, 1.54) is 36.9 Å². The van der Waals surface area contributed by atoms with Gasteiger partial charge in [-0.05, 0) is 65.9 Å². The van der Waals surface area contributed by atoms with E-state index < -0.39 is 10.1 Å². The highest BCUT2D eigenvalue weighted by atomic mass is 32.2. The molecule has 0 spiro atoms. The fourth-order valence-electron chi connectivity index (χ4n) is 4.25. The Hall–Kier alpha value is -3.09. The Morgan fingerprint density at radius 2 is 1.34 bits per heavy atom. The van der Waals surface area contributed by atoms with Gasteiger partial charge in [0.15, 0.2) is 0 Å². The van der Waals surface area contributed by atoms with Crippen LogP contribution in [0.3, 0.4) is 0 Å². The van der Waals surface area contributed by atoms with Crippen LogP contribution in [0.15, 0.2) is 78.5 Å². The van der Waals surface area contributed by atoms with Gasteiger partial charge in [-0.2, -0.15) is 8.42 Å². The summed E-state index contributed by atoms with van der Waals surface area (Å²) in [5.74, 6) is -0.206. The molecule has 2 aromatic carbocycles. The Labute approximate surface area is 229 Å². The number of unbranched alkanes of at least 4 members (excludes halogenated alkanes) is 2. The summed E-state index contributed by atoms with van der Waals surface area (Å²) in [5.41, 5.74) is 5.93. The van der Waals surface area contributed by atoms with Gasteiger partial charge in [-0.1, -0.05) is 93.5 Å². The standard InChI is InChI=1S/C32H42N2O3S/c1-3-5-23-34(24-6-4-2)32-18-16-30(17-19-32)13-12-28-8-10-29(11-9-28)14-15-31-20-25-33(26-21-31)22-7-27-38(35,36)37/h8-21,25H,3-7,22-24,26-27H2,1-2H3,(H,35,36,37). The zero-order chi connectivity index (χ0) is 27.2. The van der Waals surface area contributed by atoms with Crippen LogP contribution in [0, 0.1) is 0 Å². The summed E-state index contributed by atoms with van der Waals surface area (Å²) in [6.07, 6.45) is 19.9. The van der Waals surface area contributed by atoms with Gasteiger partial charge in [0, 0.05) is 31.9 Å². The van der Waals surface area contributed by atoms with Gasteiger partial charge in [-0.15, -0.1) is 0 Å². The van der Waals surface area contributed by atoms with Crippen LogP contribution < -0.4 is 4.90 Å². The van der Waals surface area contributed by atoms with E-state index in [-0.39, 0.29) is 5.75 Å². The second-order valence-electron chi connectivity index (χ2n) is 9.77. The van der Waals surface area contributed by atoms with Crippen LogP contribution in [0.25, 0.3) is 18.2 Å². The van der Waals surface area contributed by atoms with E-state index in [9.17, 15) is 8.42 Å². The van der Waals surface area contributed by atoms with Crippen LogP contribution in [0.1, 0.15) is 62.6 Å². The Balaban J connectivity index is 1.50. The summed E-state index contributed by atoms with van der Waals surface area (Å²) >= 11 is 0. The molecule has 1 heterocycles. The number of benzene rings is 2. The first-order valence-electron chi connectivity index (χ1n) is 13.7. The Morgan fingerprint density at radius 1 is 0.816 bits per heavy atom. The predicted octanol–water partition coefficient (Wildman–Crippen LogP) is 7.31. The van der Waals surface area contributed by atoms with Crippen LogP contribution in [0.5, 0.6) is 0 Å². The molecule has 5 nitrogen and oxygen atoms in total. The van der Waals surface area contributed by atoms with E-state index in [1.807, 2.05) is 17.2 Å². The lowest BCUT2D eigenvalue weighted by Gasteiger charge is -2.24. The van der Waals surface area contributed by atoms with Gasteiger partial charge in [0.1, 0.15) is 0 Å². The average molecular weight is 535 g/mol. The predicted molar refractivity (Wildman–Crippen MR) is 163 cm³/mol. The fraction of sp³-hybridized carbons (Fsp3) is 0.375. The highest BCUT2D eigenvalue weighted by Gasteiger charge is 2.08. The highest BCUT2D eigenvalue weighted by molar-refractivity contribution is 7.85. The molecule has 1 aliphatic rings. The van der Waals surface area contributed by atoms with Gasteiger partial charge >= 0.3 is 0 Å². The van der Waals surface area contributed by atoms with E-state index in [1.54, 1.807) is 0 Å². The van der Waals surface area contributed by atoms with Crippen LogP contribution >= 0.6 is 0 Å². The maximum Gasteiger partial charge on any atom is 0.264 e. The lowest BCUT2D eigenvalue weighted by molar-refractivity contribution is 0.405. The van der Waals surface area contributed by atoms with Crippen molar-refractivity contribution < 1.29 is 13.0 Å². The molecular formula is C32H42N2O3S. The van der Waals surface area contributed by atoms with Gasteiger partial charge in [0.25, 0.3) is 10.1 Å². The molecule has 0 unspecified atom stereocenters. The lowest BCUT2D eigenvalue weighted by atomic mass is 10.1. The molecule has 0 bridgehead atoms. The maximum absolute atomic E-state index is 10.8. The first-order valence-corrected chi connectivity index (χ1v) is 15.4. The smallest absolute Gasteiger partial charge is 0.264 e. The molecule has 1 aliphatic heterocycles. The van der Waals surface area contributed by atoms with Crippen molar-refractivity contribution >= 4 is 34.0 Å². The van der Waals surface area contributed by atoms with Crippen LogP contribution in [-0.2, 0) is 10.1 Å². The molecule has 0 atom stereocenters. The lowest BCUT2D eigenvalue weighted by Crippen LogP contribution is -2.25. The quantitative estimate of drug-likeness (QED) is 0.192. The average Bonchev–Trinajstić information content (AvgIpc) is 2.92. The molecule has 1 N–H and O–H groups in total. The van der Waals surface area contributed by atoms with Crippen molar-refractivity contribution in [2.45, 2.75) is 46.0 Å². The molecule has 3 rings (SSSR count). The van der Waals surface area contributed by atoms with Gasteiger partial charge in [-0.25, -0.2) is 0 Å². The summed E-state index contributed by atoms with van der Waals surface area (Å²) in [6, 6.07) is 17.4. The summed E-state index contributed by atoms with van der Waals surface area (Å²) in [5, 5.41) is 0. The zero-order valence-electron chi connectivity index (χ0n) is 22.8. The van der Waals surface area contributed by atoms with E-state index in [4.69, 9.17) is 4.55 Å². The minimum atomic E-state index is -3.89. The first kappa shape index (κ1) is 29.5. The monoisotopic (exact) mass is 534 g/mol. The van der Waals surface area contributed by atoms with Crippen LogP contribution in [0.4, 0.5) is 5.69 Å². The molecule has 2 aromatic rings. The van der Waals surface area contributed by atoms with E-state index in [2.05, 4.69) is 97.7 Å². The van der Waals surface area contributed by atoms with Crippen molar-refractivity contribution in [3.63, 3.8) is 0 Å². The van der Waals surface area contributed by atoms with Gasteiger partial charge < -0.3 is 9.80 Å². The van der Waals surface area contributed by atoms with Gasteiger partial charge in [0.2, 0.25) is 0 Å². The number of allylic oxidation sites excluding steroid dienone is 3. The van der Waals surface area contributed by atoms with E-state index >= 15 is 0 Å². The molecule has 0 amide bonds. The van der Waals surface area contributed by atoms with Crippen molar-refractivity contribution in [1.82, 2.24) is 4.90 Å². The third kappa shape index (κ3) is 10.7. The molecule has 38 heavy (non-hydrogen) atoms. The van der Waals surface area contributed by atoms with Crippen LogP contribution in [0.2, 0.25) is 0 Å². The number of anilines is 1. The second-order valence-corrected chi connectivity index (χ2v) is 11.3. The molecule has 0 saturated heterocycles. The molecule has 204 valence electrons. The Bertz CT molecular complexity index is 1200. The zero-order valence-corrected chi connectivity index (χ0v) is 23.6. The van der Waals surface area contributed by atoms with Crippen LogP contribution in [-0.4, -0.2) is 49.8 Å². The highest BCUT2D eigenvalue weighted by Crippen LogP contribution is 2.19. The van der Waals surface area contributed by atoms with Crippen molar-refractivity contribution in [1.29, 1.82) is 0 Å². The summed E-state index contributed by atoms with van der Waals surface area (Å²) < 4.78 is 30.5. The molecule has 0 aliphatic carbocycles. The molecule has 0 aromatic heterocycles. The molecule has 0 saturated carbocycles. The summed E-state index contributed by atoms with van der Waals surface area (Å²) in [7, 11) is -3.89. The van der Waals surface area contributed by atoms with Crippen molar-refractivity contribution in [3.05, 3.63) is 95.2 Å². The van der Waals surface area contributed by atoms with Gasteiger partial charge in [-0.3, -0.25) is 4.55 Å².